The molecule has 0 heterocycles. The molecule has 0 aliphatic carbocycles. The summed E-state index contributed by atoms with van der Waals surface area (Å²) in [5, 5.41) is 12.2. The summed E-state index contributed by atoms with van der Waals surface area (Å²) in [7, 11) is 0. The lowest BCUT2D eigenvalue weighted by atomic mass is 10.1. The first-order valence-electron chi connectivity index (χ1n) is 8.71. The van der Waals surface area contributed by atoms with Gasteiger partial charge in [0.1, 0.15) is 0 Å². The van der Waals surface area contributed by atoms with Crippen molar-refractivity contribution in [2.45, 2.75) is 27.4 Å². The minimum absolute atomic E-state index is 0.159. The normalized spacial score (nSPS) is 10.3. The third-order valence-corrected chi connectivity index (χ3v) is 3.61. The molecule has 0 bridgehead atoms. The quantitative estimate of drug-likeness (QED) is 0.715. The van der Waals surface area contributed by atoms with Gasteiger partial charge in [0.15, 0.2) is 11.5 Å². The van der Waals surface area contributed by atoms with E-state index in [1.165, 1.54) is 0 Å². The Labute approximate surface area is 153 Å². The van der Waals surface area contributed by atoms with Crippen molar-refractivity contribution in [1.82, 2.24) is 0 Å². The summed E-state index contributed by atoms with van der Waals surface area (Å²) in [6.07, 6.45) is 0. The van der Waals surface area contributed by atoms with Crippen LogP contribution in [-0.2, 0) is 6.61 Å². The maximum atomic E-state index is 12.7. The number of benzene rings is 2. The molecule has 2 aromatic rings. The summed E-state index contributed by atoms with van der Waals surface area (Å²) in [5.74, 6) is 1.08. The number of anilines is 1. The minimum Gasteiger partial charge on any atom is -0.490 e. The Morgan fingerprint density at radius 1 is 0.962 bits per heavy atom. The van der Waals surface area contributed by atoms with Gasteiger partial charge in [-0.25, -0.2) is 0 Å². The van der Waals surface area contributed by atoms with Crippen molar-refractivity contribution in [3.63, 3.8) is 0 Å². The fourth-order valence-electron chi connectivity index (χ4n) is 2.49. The van der Waals surface area contributed by atoms with Crippen molar-refractivity contribution in [3.8, 4) is 17.2 Å². The number of rotatable bonds is 9. The molecule has 0 aliphatic heterocycles. The van der Waals surface area contributed by atoms with Crippen molar-refractivity contribution in [1.29, 1.82) is 0 Å². The average Bonchev–Trinajstić information content (AvgIpc) is 2.65. The Bertz CT molecular complexity index is 718. The first kappa shape index (κ1) is 19.6. The maximum absolute atomic E-state index is 12.7. The molecule has 0 atom stereocenters. The molecule has 0 aromatic heterocycles. The lowest BCUT2D eigenvalue weighted by molar-refractivity contribution is 0.102. The summed E-state index contributed by atoms with van der Waals surface area (Å²) >= 11 is 0. The molecule has 1 amide bonds. The van der Waals surface area contributed by atoms with Crippen LogP contribution in [0.25, 0.3) is 0 Å². The number of hydrogen-bond donors (Lipinski definition) is 2. The van der Waals surface area contributed by atoms with Crippen molar-refractivity contribution >= 4 is 11.6 Å². The van der Waals surface area contributed by atoms with Gasteiger partial charge in [0.2, 0.25) is 5.75 Å². The van der Waals surface area contributed by atoms with E-state index in [0.29, 0.717) is 53.9 Å². The van der Waals surface area contributed by atoms with Crippen LogP contribution in [0.15, 0.2) is 36.4 Å². The highest BCUT2D eigenvalue weighted by molar-refractivity contribution is 6.05. The van der Waals surface area contributed by atoms with Crippen LogP contribution in [0.3, 0.4) is 0 Å². The predicted molar refractivity (Wildman–Crippen MR) is 100 cm³/mol. The van der Waals surface area contributed by atoms with E-state index < -0.39 is 0 Å². The van der Waals surface area contributed by atoms with Crippen molar-refractivity contribution in [2.75, 3.05) is 25.1 Å². The molecule has 2 rings (SSSR count). The third-order valence-electron chi connectivity index (χ3n) is 3.61. The third kappa shape index (κ3) is 4.67. The van der Waals surface area contributed by atoms with Gasteiger partial charge in [-0.1, -0.05) is 18.2 Å². The molecule has 0 radical (unpaired) electrons. The molecule has 0 spiro atoms. The van der Waals surface area contributed by atoms with E-state index in [4.69, 9.17) is 14.2 Å². The number of aliphatic hydroxyl groups is 1. The van der Waals surface area contributed by atoms with Crippen molar-refractivity contribution < 1.29 is 24.1 Å². The lowest BCUT2D eigenvalue weighted by Crippen LogP contribution is -2.14. The zero-order valence-electron chi connectivity index (χ0n) is 15.4. The molecular formula is C20H25NO5. The van der Waals surface area contributed by atoms with Crippen LogP contribution in [0.5, 0.6) is 17.2 Å². The topological polar surface area (TPSA) is 77.0 Å². The van der Waals surface area contributed by atoms with Crippen molar-refractivity contribution in [2.24, 2.45) is 0 Å². The second-order valence-corrected chi connectivity index (χ2v) is 5.37. The molecular weight excluding hydrogens is 334 g/mol. The number of aliphatic hydroxyl groups excluding tert-OH is 1. The molecule has 0 saturated carbocycles. The van der Waals surface area contributed by atoms with Gasteiger partial charge >= 0.3 is 0 Å². The fourth-order valence-corrected chi connectivity index (χ4v) is 2.49. The van der Waals surface area contributed by atoms with E-state index in [9.17, 15) is 9.90 Å². The fraction of sp³-hybridized carbons (Fsp3) is 0.350. The molecule has 6 heteroatoms. The van der Waals surface area contributed by atoms with Crippen LogP contribution in [0, 0.1) is 0 Å². The Kier molecular flexibility index (Phi) is 7.29. The summed E-state index contributed by atoms with van der Waals surface area (Å²) in [4.78, 5) is 12.7. The number of amides is 1. The van der Waals surface area contributed by atoms with E-state index in [1.54, 1.807) is 36.4 Å². The molecule has 0 unspecified atom stereocenters. The van der Waals surface area contributed by atoms with Crippen LogP contribution in [0.1, 0.15) is 36.7 Å². The Hall–Kier alpha value is -2.73. The molecule has 2 N–H and O–H groups in total. The van der Waals surface area contributed by atoms with Gasteiger partial charge in [0.25, 0.3) is 5.91 Å². The number of hydrogen-bond acceptors (Lipinski definition) is 5. The SMILES string of the molecule is CCOc1cc(C(=O)Nc2ccccc2CO)cc(OCC)c1OCC. The first-order chi connectivity index (χ1) is 12.6. The average molecular weight is 359 g/mol. The summed E-state index contributed by atoms with van der Waals surface area (Å²) in [5.41, 5.74) is 1.58. The van der Waals surface area contributed by atoms with E-state index in [0.717, 1.165) is 0 Å². The largest absolute Gasteiger partial charge is 0.490 e. The number of carbonyl (C=O) groups is 1. The number of carbonyl (C=O) groups excluding carboxylic acids is 1. The van der Waals surface area contributed by atoms with Crippen LogP contribution >= 0.6 is 0 Å². The highest BCUT2D eigenvalue weighted by Crippen LogP contribution is 2.39. The van der Waals surface area contributed by atoms with E-state index >= 15 is 0 Å². The summed E-state index contributed by atoms with van der Waals surface area (Å²) in [6, 6.07) is 10.4. The first-order valence-corrected chi connectivity index (χ1v) is 8.71. The summed E-state index contributed by atoms with van der Waals surface area (Å²) in [6.45, 7) is 6.76. The van der Waals surface area contributed by atoms with Gasteiger partial charge in [0.05, 0.1) is 26.4 Å². The van der Waals surface area contributed by atoms with Gasteiger partial charge in [-0.05, 0) is 39.0 Å². The Balaban J connectivity index is 2.39. The van der Waals surface area contributed by atoms with Crippen LogP contribution < -0.4 is 19.5 Å². The standard InChI is InChI=1S/C20H25NO5/c1-4-24-17-11-15(12-18(25-5-2)19(17)26-6-3)20(23)21-16-10-8-7-9-14(16)13-22/h7-12,22H,4-6,13H2,1-3H3,(H,21,23). The maximum Gasteiger partial charge on any atom is 0.255 e. The van der Waals surface area contributed by atoms with Crippen molar-refractivity contribution in [3.05, 3.63) is 47.5 Å². The van der Waals surface area contributed by atoms with Gasteiger partial charge in [-0.3, -0.25) is 4.79 Å². The number of nitrogens with one attached hydrogen (secondary N) is 1. The number of para-hydroxylation sites is 1. The molecule has 2 aromatic carbocycles. The smallest absolute Gasteiger partial charge is 0.255 e. The highest BCUT2D eigenvalue weighted by atomic mass is 16.5. The molecule has 0 fully saturated rings. The molecule has 26 heavy (non-hydrogen) atoms. The minimum atomic E-state index is -0.323. The molecule has 140 valence electrons. The Morgan fingerprint density at radius 3 is 2.08 bits per heavy atom. The van der Waals surface area contributed by atoms with E-state index in [1.807, 2.05) is 20.8 Å². The van der Waals surface area contributed by atoms with Gasteiger partial charge in [0, 0.05) is 16.8 Å². The lowest BCUT2D eigenvalue weighted by Gasteiger charge is -2.17. The Morgan fingerprint density at radius 2 is 1.54 bits per heavy atom. The predicted octanol–water partition coefficient (Wildman–Crippen LogP) is 3.63. The highest BCUT2D eigenvalue weighted by Gasteiger charge is 2.19. The van der Waals surface area contributed by atoms with Crippen LogP contribution in [0.2, 0.25) is 0 Å². The molecule has 0 aliphatic rings. The van der Waals surface area contributed by atoms with E-state index in [-0.39, 0.29) is 12.5 Å². The van der Waals surface area contributed by atoms with Crippen LogP contribution in [0.4, 0.5) is 5.69 Å². The zero-order valence-corrected chi connectivity index (χ0v) is 15.4. The monoisotopic (exact) mass is 359 g/mol. The number of ether oxygens (including phenoxy) is 3. The van der Waals surface area contributed by atoms with Crippen LogP contribution in [-0.4, -0.2) is 30.8 Å². The van der Waals surface area contributed by atoms with Gasteiger partial charge in [-0.15, -0.1) is 0 Å². The second kappa shape index (κ2) is 9.68. The zero-order chi connectivity index (χ0) is 18.9. The summed E-state index contributed by atoms with van der Waals surface area (Å²) < 4.78 is 16.9. The molecule has 0 saturated heterocycles. The second-order valence-electron chi connectivity index (χ2n) is 5.37. The van der Waals surface area contributed by atoms with E-state index in [2.05, 4.69) is 5.32 Å². The molecule has 6 nitrogen and oxygen atoms in total. The van der Waals surface area contributed by atoms with Gasteiger partial charge < -0.3 is 24.6 Å². The van der Waals surface area contributed by atoms with Gasteiger partial charge in [-0.2, -0.15) is 0 Å².